The third-order valence-corrected chi connectivity index (χ3v) is 7.77. The number of hydrogen-bond acceptors (Lipinski definition) is 8. The minimum atomic E-state index is -0.286. The Hall–Kier alpha value is -3.46. The molecule has 0 saturated carbocycles. The molecule has 2 aromatic carbocycles. The Bertz CT molecular complexity index is 1210. The maximum atomic E-state index is 14.2. The van der Waals surface area contributed by atoms with Crippen LogP contribution in [0.3, 0.4) is 0 Å². The molecule has 0 amide bonds. The van der Waals surface area contributed by atoms with Gasteiger partial charge in [0.2, 0.25) is 0 Å². The van der Waals surface area contributed by atoms with Crippen LogP contribution in [0.5, 0.6) is 17.2 Å². The van der Waals surface area contributed by atoms with Gasteiger partial charge < -0.3 is 18.9 Å². The molecule has 0 spiro atoms. The number of carbonyl (C=O) groups is 2. The van der Waals surface area contributed by atoms with E-state index in [-0.39, 0.29) is 36.9 Å². The molecule has 2 aliphatic rings. The summed E-state index contributed by atoms with van der Waals surface area (Å²) in [6.07, 6.45) is 5.78. The highest BCUT2D eigenvalue weighted by molar-refractivity contribution is 6.18. The van der Waals surface area contributed by atoms with Gasteiger partial charge in [-0.3, -0.25) is 19.4 Å². The van der Waals surface area contributed by atoms with Crippen molar-refractivity contribution in [2.24, 2.45) is 0 Å². The number of ketones is 2. The molecule has 2 fully saturated rings. The molecule has 41 heavy (non-hydrogen) atoms. The molecule has 0 bridgehead atoms. The Kier molecular flexibility index (Phi) is 11.1. The summed E-state index contributed by atoms with van der Waals surface area (Å²) in [5.74, 6) is 1.06. The van der Waals surface area contributed by atoms with Crippen molar-refractivity contribution in [3.63, 3.8) is 0 Å². The maximum absolute atomic E-state index is 14.2. The highest BCUT2D eigenvalue weighted by atomic mass is 16.5. The van der Waals surface area contributed by atoms with Crippen molar-refractivity contribution < 1.29 is 28.5 Å². The van der Waals surface area contributed by atoms with E-state index in [1.54, 1.807) is 49.6 Å². The third kappa shape index (κ3) is 7.44. The van der Waals surface area contributed by atoms with E-state index in [4.69, 9.17) is 18.9 Å². The summed E-state index contributed by atoms with van der Waals surface area (Å²) in [6, 6.07) is 9.11. The molecule has 2 aromatic rings. The highest BCUT2D eigenvalue weighted by Crippen LogP contribution is 2.37. The van der Waals surface area contributed by atoms with E-state index in [0.29, 0.717) is 46.4 Å². The minimum absolute atomic E-state index is 0.115. The van der Waals surface area contributed by atoms with Crippen LogP contribution in [0, 0.1) is 0 Å². The number of Topliss-reactive ketones (excluding diaryl/α,β-unsaturated/α-hetero) is 1. The molecule has 2 aliphatic heterocycles. The molecule has 0 N–H and O–H groups in total. The van der Waals surface area contributed by atoms with E-state index in [1.807, 2.05) is 6.92 Å². The summed E-state index contributed by atoms with van der Waals surface area (Å²) < 4.78 is 22.8. The molecule has 0 radical (unpaired) electrons. The van der Waals surface area contributed by atoms with Gasteiger partial charge in [0.1, 0.15) is 30.5 Å². The monoisotopic (exact) mass is 562 g/mol. The van der Waals surface area contributed by atoms with Gasteiger partial charge in [0.15, 0.2) is 11.6 Å². The van der Waals surface area contributed by atoms with Crippen molar-refractivity contribution in [3.05, 3.63) is 77.9 Å². The van der Waals surface area contributed by atoms with E-state index in [9.17, 15) is 9.59 Å². The fourth-order valence-corrected chi connectivity index (χ4v) is 5.65. The Morgan fingerprint density at radius 2 is 1.59 bits per heavy atom. The van der Waals surface area contributed by atoms with Gasteiger partial charge in [0.05, 0.1) is 32.4 Å². The Morgan fingerprint density at radius 1 is 0.951 bits per heavy atom. The third-order valence-electron chi connectivity index (χ3n) is 7.77. The van der Waals surface area contributed by atoms with Gasteiger partial charge >= 0.3 is 0 Å². The largest absolute Gasteiger partial charge is 0.497 e. The van der Waals surface area contributed by atoms with Crippen molar-refractivity contribution in [3.8, 4) is 17.2 Å². The lowest BCUT2D eigenvalue weighted by Gasteiger charge is -2.40. The van der Waals surface area contributed by atoms with Crippen LogP contribution in [0.4, 0.5) is 0 Å². The number of rotatable bonds is 14. The van der Waals surface area contributed by atoms with Crippen LogP contribution < -0.4 is 14.2 Å². The SMILES string of the molecule is C=CCOc1cc(OCC=C)c(C(=O)c2ccc(OC)cc2)c(C(=O)CN2CCC(N3CCOCC3)CC2)c1CC. The molecule has 0 unspecified atom stereocenters. The molecule has 2 saturated heterocycles. The van der Waals surface area contributed by atoms with Crippen LogP contribution in [-0.4, -0.2) is 93.7 Å². The second-order valence-corrected chi connectivity index (χ2v) is 10.3. The van der Waals surface area contributed by atoms with Crippen molar-refractivity contribution >= 4 is 11.6 Å². The predicted molar refractivity (Wildman–Crippen MR) is 160 cm³/mol. The Labute approximate surface area is 243 Å². The quantitative estimate of drug-likeness (QED) is 0.244. The van der Waals surface area contributed by atoms with Crippen LogP contribution in [0.15, 0.2) is 55.6 Å². The minimum Gasteiger partial charge on any atom is -0.497 e. The first-order valence-corrected chi connectivity index (χ1v) is 14.4. The zero-order chi connectivity index (χ0) is 29.2. The molecule has 0 atom stereocenters. The first-order chi connectivity index (χ1) is 20.0. The van der Waals surface area contributed by atoms with Crippen molar-refractivity contribution in [2.75, 3.05) is 66.3 Å². The van der Waals surface area contributed by atoms with Crippen LogP contribution >= 0.6 is 0 Å². The summed E-state index contributed by atoms with van der Waals surface area (Å²) in [5.41, 5.74) is 1.76. The lowest BCUT2D eigenvalue weighted by molar-refractivity contribution is 0.00129. The molecule has 8 nitrogen and oxygen atoms in total. The first-order valence-electron chi connectivity index (χ1n) is 14.4. The van der Waals surface area contributed by atoms with E-state index >= 15 is 0 Å². The van der Waals surface area contributed by atoms with Crippen LogP contribution in [0.25, 0.3) is 0 Å². The summed E-state index contributed by atoms with van der Waals surface area (Å²) in [5, 5.41) is 0. The second kappa shape index (κ2) is 15.0. The fraction of sp³-hybridized carbons (Fsp3) is 0.455. The van der Waals surface area contributed by atoms with Gasteiger partial charge in [-0.2, -0.15) is 0 Å². The molecule has 8 heteroatoms. The number of morpholine rings is 1. The number of piperidine rings is 1. The summed E-state index contributed by atoms with van der Waals surface area (Å²) in [4.78, 5) is 33.0. The average molecular weight is 563 g/mol. The number of nitrogens with zero attached hydrogens (tertiary/aromatic N) is 2. The van der Waals surface area contributed by atoms with Crippen LogP contribution in [-0.2, 0) is 11.2 Å². The molecule has 2 heterocycles. The number of methoxy groups -OCH3 is 1. The van der Waals surface area contributed by atoms with Gasteiger partial charge in [-0.05, 0) is 43.5 Å². The molecule has 0 aliphatic carbocycles. The van der Waals surface area contributed by atoms with Gasteiger partial charge in [-0.25, -0.2) is 0 Å². The maximum Gasteiger partial charge on any atom is 0.197 e. The number of hydrogen-bond donors (Lipinski definition) is 0. The van der Waals surface area contributed by atoms with Crippen LogP contribution in [0.2, 0.25) is 0 Å². The van der Waals surface area contributed by atoms with Crippen molar-refractivity contribution in [1.82, 2.24) is 9.80 Å². The van der Waals surface area contributed by atoms with E-state index in [2.05, 4.69) is 23.0 Å². The zero-order valence-corrected chi connectivity index (χ0v) is 24.4. The normalized spacial score (nSPS) is 16.6. The Morgan fingerprint density at radius 3 is 2.17 bits per heavy atom. The lowest BCUT2D eigenvalue weighted by atomic mass is 9.89. The molecule has 4 rings (SSSR count). The Balaban J connectivity index is 1.69. The molecule has 220 valence electrons. The van der Waals surface area contributed by atoms with Crippen LogP contribution in [0.1, 0.15) is 51.6 Å². The standard InChI is InChI=1S/C33H42N2O6/c1-5-18-40-29-22-30(41-19-6-2)32(33(37)24-8-10-26(38-4)11-9-24)31(27(29)7-3)28(36)23-34-14-12-25(13-15-34)35-16-20-39-21-17-35/h5-6,8-11,22,25H,1-2,7,12-21,23H2,3-4H3. The molecule has 0 aromatic heterocycles. The number of ether oxygens (including phenoxy) is 4. The zero-order valence-electron chi connectivity index (χ0n) is 24.4. The topological polar surface area (TPSA) is 77.5 Å². The summed E-state index contributed by atoms with van der Waals surface area (Å²) >= 11 is 0. The van der Waals surface area contributed by atoms with E-state index in [1.165, 1.54) is 0 Å². The molecular formula is C33H42N2O6. The lowest BCUT2D eigenvalue weighted by Crippen LogP contribution is -2.49. The van der Waals surface area contributed by atoms with E-state index < -0.39 is 0 Å². The number of likely N-dealkylation sites (tertiary alicyclic amines) is 1. The van der Waals surface area contributed by atoms with E-state index in [0.717, 1.165) is 52.2 Å². The van der Waals surface area contributed by atoms with Crippen molar-refractivity contribution in [2.45, 2.75) is 32.2 Å². The van der Waals surface area contributed by atoms with Gasteiger partial charge in [0, 0.05) is 55.0 Å². The predicted octanol–water partition coefficient (Wildman–Crippen LogP) is 4.60. The number of benzene rings is 2. The average Bonchev–Trinajstić information content (AvgIpc) is 3.02. The molecular weight excluding hydrogens is 520 g/mol. The number of carbonyl (C=O) groups excluding carboxylic acids is 2. The highest BCUT2D eigenvalue weighted by Gasteiger charge is 2.32. The van der Waals surface area contributed by atoms with Gasteiger partial charge in [0.25, 0.3) is 0 Å². The fourth-order valence-electron chi connectivity index (χ4n) is 5.65. The second-order valence-electron chi connectivity index (χ2n) is 10.3. The van der Waals surface area contributed by atoms with Gasteiger partial charge in [-0.1, -0.05) is 32.2 Å². The summed E-state index contributed by atoms with van der Waals surface area (Å²) in [7, 11) is 1.58. The first kappa shape index (κ1) is 30.5. The van der Waals surface area contributed by atoms with Gasteiger partial charge in [-0.15, -0.1) is 0 Å². The summed E-state index contributed by atoms with van der Waals surface area (Å²) in [6.45, 7) is 15.3. The van der Waals surface area contributed by atoms with Crippen molar-refractivity contribution in [1.29, 1.82) is 0 Å². The smallest absolute Gasteiger partial charge is 0.197 e.